The fourth-order valence-electron chi connectivity index (χ4n) is 4.41. The number of benzene rings is 2. The lowest BCUT2D eigenvalue weighted by molar-refractivity contribution is 0.141. The van der Waals surface area contributed by atoms with E-state index in [0.717, 1.165) is 24.8 Å². The van der Waals surface area contributed by atoms with Gasteiger partial charge in [0.1, 0.15) is 0 Å². The minimum absolute atomic E-state index is 0.0468. The molecular formula is C22H25NO3. The molecule has 0 saturated carbocycles. The Hall–Kier alpha value is -2.33. The lowest BCUT2D eigenvalue weighted by Crippen LogP contribution is -2.37. The SMILES string of the molecule is COc1cc2c(cc1O)N=CC1(C)Cc3ccccc3CC1CCC2O. The van der Waals surface area contributed by atoms with E-state index < -0.39 is 6.10 Å². The molecule has 0 amide bonds. The maximum absolute atomic E-state index is 10.8. The van der Waals surface area contributed by atoms with Crippen molar-refractivity contribution in [2.45, 2.75) is 38.7 Å². The number of phenols is 1. The van der Waals surface area contributed by atoms with Gasteiger partial charge in [0.05, 0.1) is 18.9 Å². The van der Waals surface area contributed by atoms with Gasteiger partial charge in [0.25, 0.3) is 0 Å². The van der Waals surface area contributed by atoms with E-state index >= 15 is 0 Å². The molecule has 2 aliphatic rings. The van der Waals surface area contributed by atoms with Crippen LogP contribution in [0.2, 0.25) is 0 Å². The maximum Gasteiger partial charge on any atom is 0.161 e. The highest BCUT2D eigenvalue weighted by Gasteiger charge is 2.38. The molecule has 4 heteroatoms. The van der Waals surface area contributed by atoms with E-state index in [1.807, 2.05) is 6.21 Å². The molecule has 3 unspecified atom stereocenters. The fourth-order valence-corrected chi connectivity index (χ4v) is 4.41. The summed E-state index contributed by atoms with van der Waals surface area (Å²) in [6.07, 6.45) is 4.99. The molecule has 0 spiro atoms. The van der Waals surface area contributed by atoms with Gasteiger partial charge in [0, 0.05) is 23.3 Å². The Labute approximate surface area is 154 Å². The number of aliphatic imine (C=N–C) groups is 1. The van der Waals surface area contributed by atoms with Gasteiger partial charge in [0.2, 0.25) is 0 Å². The molecule has 4 nitrogen and oxygen atoms in total. The lowest BCUT2D eigenvalue weighted by atomic mass is 9.64. The Morgan fingerprint density at radius 3 is 2.69 bits per heavy atom. The zero-order valence-electron chi connectivity index (χ0n) is 15.3. The number of aliphatic hydroxyl groups is 1. The van der Waals surface area contributed by atoms with Gasteiger partial charge in [-0.25, -0.2) is 0 Å². The average Bonchev–Trinajstić information content (AvgIpc) is 2.68. The van der Waals surface area contributed by atoms with Gasteiger partial charge in [-0.1, -0.05) is 31.2 Å². The van der Waals surface area contributed by atoms with Gasteiger partial charge >= 0.3 is 0 Å². The van der Waals surface area contributed by atoms with Gasteiger partial charge in [-0.15, -0.1) is 0 Å². The molecule has 0 fully saturated rings. The van der Waals surface area contributed by atoms with Crippen LogP contribution in [-0.4, -0.2) is 23.5 Å². The lowest BCUT2D eigenvalue weighted by Gasteiger charge is -2.40. The number of hydrogen-bond donors (Lipinski definition) is 2. The van der Waals surface area contributed by atoms with Crippen molar-refractivity contribution in [2.24, 2.45) is 16.3 Å². The van der Waals surface area contributed by atoms with Crippen LogP contribution in [0, 0.1) is 11.3 Å². The number of phenolic OH excluding ortho intramolecular Hbond substituents is 1. The van der Waals surface area contributed by atoms with Crippen molar-refractivity contribution >= 4 is 11.9 Å². The third-order valence-electron chi connectivity index (χ3n) is 6.06. The summed E-state index contributed by atoms with van der Waals surface area (Å²) in [7, 11) is 1.51. The number of nitrogens with zero attached hydrogens (tertiary/aromatic N) is 1. The monoisotopic (exact) mass is 351 g/mol. The number of methoxy groups -OCH3 is 1. The van der Waals surface area contributed by atoms with Crippen LogP contribution in [0.5, 0.6) is 11.5 Å². The Balaban J connectivity index is 1.77. The molecule has 1 aliphatic carbocycles. The summed E-state index contributed by atoms with van der Waals surface area (Å²) < 4.78 is 5.21. The molecule has 2 N–H and O–H groups in total. The largest absolute Gasteiger partial charge is 0.504 e. The first kappa shape index (κ1) is 17.1. The third kappa shape index (κ3) is 2.88. The van der Waals surface area contributed by atoms with Crippen LogP contribution in [-0.2, 0) is 12.8 Å². The molecule has 136 valence electrons. The molecule has 0 bridgehead atoms. The van der Waals surface area contributed by atoms with Gasteiger partial charge in [-0.05, 0) is 48.8 Å². The Morgan fingerprint density at radius 1 is 1.15 bits per heavy atom. The molecule has 4 rings (SSSR count). The molecule has 2 aromatic carbocycles. The first-order valence-corrected chi connectivity index (χ1v) is 9.21. The molecule has 0 radical (unpaired) electrons. The summed E-state index contributed by atoms with van der Waals surface area (Å²) in [6.45, 7) is 2.26. The number of hydrogen-bond acceptors (Lipinski definition) is 4. The van der Waals surface area contributed by atoms with Crippen LogP contribution in [0.25, 0.3) is 0 Å². The second kappa shape index (κ2) is 6.44. The van der Waals surface area contributed by atoms with E-state index in [4.69, 9.17) is 9.73 Å². The van der Waals surface area contributed by atoms with Crippen LogP contribution >= 0.6 is 0 Å². The summed E-state index contributed by atoms with van der Waals surface area (Å²) in [6, 6.07) is 11.9. The van der Waals surface area contributed by atoms with E-state index in [-0.39, 0.29) is 11.2 Å². The van der Waals surface area contributed by atoms with Gasteiger partial charge in [0.15, 0.2) is 11.5 Å². The molecule has 1 aliphatic heterocycles. The second-order valence-corrected chi connectivity index (χ2v) is 7.79. The fraction of sp³-hybridized carbons (Fsp3) is 0.409. The number of rotatable bonds is 1. The third-order valence-corrected chi connectivity index (χ3v) is 6.06. The molecular weight excluding hydrogens is 326 g/mol. The van der Waals surface area contributed by atoms with Crippen LogP contribution in [0.4, 0.5) is 5.69 Å². The van der Waals surface area contributed by atoms with Crippen molar-refractivity contribution in [1.29, 1.82) is 0 Å². The zero-order valence-corrected chi connectivity index (χ0v) is 15.3. The van der Waals surface area contributed by atoms with Crippen molar-refractivity contribution in [3.05, 3.63) is 53.1 Å². The highest BCUT2D eigenvalue weighted by Crippen LogP contribution is 2.45. The molecule has 3 atom stereocenters. The number of aromatic hydroxyl groups is 1. The van der Waals surface area contributed by atoms with Crippen molar-refractivity contribution < 1.29 is 14.9 Å². The minimum atomic E-state index is -0.615. The quantitative estimate of drug-likeness (QED) is 0.803. The van der Waals surface area contributed by atoms with Gasteiger partial charge in [-0.2, -0.15) is 0 Å². The number of ether oxygens (including phenoxy) is 1. The molecule has 2 aromatic rings. The standard InChI is InChI=1S/C22H25NO3/c1-22-12-15-6-4-3-5-14(15)9-16(22)7-8-19(24)17-10-21(26-2)20(25)11-18(17)23-13-22/h3-6,10-11,13,16,19,24-25H,7-9,12H2,1-2H3. The summed E-state index contributed by atoms with van der Waals surface area (Å²) in [5.41, 5.74) is 4.07. The van der Waals surface area contributed by atoms with Gasteiger partial charge in [-0.3, -0.25) is 4.99 Å². The zero-order chi connectivity index (χ0) is 18.3. The first-order valence-electron chi connectivity index (χ1n) is 9.21. The summed E-state index contributed by atoms with van der Waals surface area (Å²) >= 11 is 0. The highest BCUT2D eigenvalue weighted by molar-refractivity contribution is 5.73. The minimum Gasteiger partial charge on any atom is -0.504 e. The van der Waals surface area contributed by atoms with E-state index in [2.05, 4.69) is 31.2 Å². The van der Waals surface area contributed by atoms with Crippen LogP contribution in [0.1, 0.15) is 42.6 Å². The predicted octanol–water partition coefficient (Wildman–Crippen LogP) is 4.35. The smallest absolute Gasteiger partial charge is 0.161 e. The highest BCUT2D eigenvalue weighted by atomic mass is 16.5. The second-order valence-electron chi connectivity index (χ2n) is 7.79. The van der Waals surface area contributed by atoms with Crippen molar-refractivity contribution in [3.8, 4) is 11.5 Å². The molecule has 1 heterocycles. The Bertz CT molecular complexity index is 860. The Morgan fingerprint density at radius 2 is 1.92 bits per heavy atom. The van der Waals surface area contributed by atoms with E-state index in [0.29, 0.717) is 23.8 Å². The summed E-state index contributed by atoms with van der Waals surface area (Å²) in [4.78, 5) is 4.72. The maximum atomic E-state index is 10.8. The van der Waals surface area contributed by atoms with E-state index in [1.54, 1.807) is 12.1 Å². The van der Waals surface area contributed by atoms with Crippen LogP contribution < -0.4 is 4.74 Å². The predicted molar refractivity (Wildman–Crippen MR) is 102 cm³/mol. The average molecular weight is 351 g/mol. The topological polar surface area (TPSA) is 62.0 Å². The van der Waals surface area contributed by atoms with E-state index in [9.17, 15) is 10.2 Å². The van der Waals surface area contributed by atoms with Crippen LogP contribution in [0.15, 0.2) is 41.4 Å². The van der Waals surface area contributed by atoms with Gasteiger partial charge < -0.3 is 14.9 Å². The van der Waals surface area contributed by atoms with Crippen molar-refractivity contribution in [2.75, 3.05) is 7.11 Å². The normalized spacial score (nSPS) is 27.3. The molecule has 0 saturated heterocycles. The summed E-state index contributed by atoms with van der Waals surface area (Å²) in [5, 5.41) is 20.9. The van der Waals surface area contributed by atoms with E-state index in [1.165, 1.54) is 18.2 Å². The van der Waals surface area contributed by atoms with Crippen LogP contribution in [0.3, 0.4) is 0 Å². The van der Waals surface area contributed by atoms with Crippen molar-refractivity contribution in [1.82, 2.24) is 0 Å². The molecule has 0 aromatic heterocycles. The first-order chi connectivity index (χ1) is 12.5. The summed E-state index contributed by atoms with van der Waals surface area (Å²) in [5.74, 6) is 0.847. The van der Waals surface area contributed by atoms with Crippen molar-refractivity contribution in [3.63, 3.8) is 0 Å². The molecule has 26 heavy (non-hydrogen) atoms. The number of fused-ring (bicyclic) bond motifs is 3. The number of aliphatic hydroxyl groups excluding tert-OH is 1. The Kier molecular flexibility index (Phi) is 4.23.